The van der Waals surface area contributed by atoms with Crippen molar-refractivity contribution in [1.29, 1.82) is 0 Å². The second kappa shape index (κ2) is 4.52. The SMILES string of the molecule is CCc1noc(COC2CCNC2)n1. The molecule has 1 fully saturated rings. The van der Waals surface area contributed by atoms with Gasteiger partial charge in [-0.25, -0.2) is 0 Å². The van der Waals surface area contributed by atoms with Crippen LogP contribution < -0.4 is 5.32 Å². The molecule has 0 amide bonds. The summed E-state index contributed by atoms with van der Waals surface area (Å²) in [4.78, 5) is 4.17. The van der Waals surface area contributed by atoms with Gasteiger partial charge in [-0.2, -0.15) is 4.98 Å². The van der Waals surface area contributed by atoms with E-state index in [1.807, 2.05) is 6.92 Å². The Hall–Kier alpha value is -0.940. The van der Waals surface area contributed by atoms with Crippen LogP contribution in [0.5, 0.6) is 0 Å². The molecule has 1 saturated heterocycles. The lowest BCUT2D eigenvalue weighted by Gasteiger charge is -2.06. The molecule has 5 heteroatoms. The third kappa shape index (κ3) is 2.30. The Bertz CT molecular complexity index is 281. The van der Waals surface area contributed by atoms with Crippen molar-refractivity contribution < 1.29 is 9.26 Å². The summed E-state index contributed by atoms with van der Waals surface area (Å²) in [5, 5.41) is 7.03. The van der Waals surface area contributed by atoms with Gasteiger partial charge in [-0.1, -0.05) is 12.1 Å². The number of rotatable bonds is 4. The first-order chi connectivity index (χ1) is 6.88. The molecule has 2 heterocycles. The van der Waals surface area contributed by atoms with Gasteiger partial charge in [0.15, 0.2) is 5.82 Å². The highest BCUT2D eigenvalue weighted by atomic mass is 16.5. The van der Waals surface area contributed by atoms with Gasteiger partial charge < -0.3 is 14.6 Å². The Morgan fingerprint density at radius 2 is 2.57 bits per heavy atom. The summed E-state index contributed by atoms with van der Waals surface area (Å²) in [6.07, 6.45) is 2.16. The van der Waals surface area contributed by atoms with Gasteiger partial charge in [-0.15, -0.1) is 0 Å². The first-order valence-corrected chi connectivity index (χ1v) is 5.02. The first-order valence-electron chi connectivity index (χ1n) is 5.02. The molecule has 0 radical (unpaired) electrons. The van der Waals surface area contributed by atoms with Crippen molar-refractivity contribution in [3.63, 3.8) is 0 Å². The molecule has 5 nitrogen and oxygen atoms in total. The molecular weight excluding hydrogens is 182 g/mol. The highest BCUT2D eigenvalue weighted by Crippen LogP contribution is 2.07. The van der Waals surface area contributed by atoms with Gasteiger partial charge in [0.05, 0.1) is 6.10 Å². The van der Waals surface area contributed by atoms with E-state index in [2.05, 4.69) is 15.5 Å². The van der Waals surface area contributed by atoms with Crippen molar-refractivity contribution >= 4 is 0 Å². The predicted octanol–water partition coefficient (Wildman–Crippen LogP) is 0.510. The van der Waals surface area contributed by atoms with E-state index in [9.17, 15) is 0 Å². The van der Waals surface area contributed by atoms with E-state index in [-0.39, 0.29) is 0 Å². The van der Waals surface area contributed by atoms with E-state index >= 15 is 0 Å². The molecule has 1 unspecified atom stereocenters. The lowest BCUT2D eigenvalue weighted by molar-refractivity contribution is 0.0383. The van der Waals surface area contributed by atoms with Crippen LogP contribution in [-0.4, -0.2) is 29.3 Å². The monoisotopic (exact) mass is 197 g/mol. The Morgan fingerprint density at radius 1 is 1.64 bits per heavy atom. The summed E-state index contributed by atoms with van der Waals surface area (Å²) >= 11 is 0. The molecule has 0 aromatic carbocycles. The Morgan fingerprint density at radius 3 is 3.21 bits per heavy atom. The van der Waals surface area contributed by atoms with Crippen molar-refractivity contribution in [3.8, 4) is 0 Å². The van der Waals surface area contributed by atoms with Crippen LogP contribution in [0.15, 0.2) is 4.52 Å². The molecule has 1 aliphatic heterocycles. The highest BCUT2D eigenvalue weighted by Gasteiger charge is 2.16. The molecule has 0 saturated carbocycles. The van der Waals surface area contributed by atoms with E-state index in [4.69, 9.17) is 9.26 Å². The van der Waals surface area contributed by atoms with Gasteiger partial charge in [-0.3, -0.25) is 0 Å². The predicted molar refractivity (Wildman–Crippen MR) is 49.7 cm³/mol. The Balaban J connectivity index is 1.79. The maximum absolute atomic E-state index is 5.59. The summed E-state index contributed by atoms with van der Waals surface area (Å²) in [6, 6.07) is 0. The number of aryl methyl sites for hydroxylation is 1. The molecule has 1 atom stereocenters. The van der Waals surface area contributed by atoms with Crippen molar-refractivity contribution in [2.45, 2.75) is 32.5 Å². The van der Waals surface area contributed by atoms with Crippen LogP contribution in [-0.2, 0) is 17.8 Å². The Kier molecular flexibility index (Phi) is 3.10. The largest absolute Gasteiger partial charge is 0.367 e. The summed E-state index contributed by atoms with van der Waals surface area (Å²) < 4.78 is 10.6. The van der Waals surface area contributed by atoms with Crippen LogP contribution in [0, 0.1) is 0 Å². The van der Waals surface area contributed by atoms with E-state index in [0.29, 0.717) is 18.6 Å². The van der Waals surface area contributed by atoms with E-state index < -0.39 is 0 Å². The third-order valence-corrected chi connectivity index (χ3v) is 2.28. The topological polar surface area (TPSA) is 60.2 Å². The molecule has 14 heavy (non-hydrogen) atoms. The molecule has 1 aromatic rings. The molecule has 1 aliphatic rings. The van der Waals surface area contributed by atoms with Crippen LogP contribution >= 0.6 is 0 Å². The fourth-order valence-electron chi connectivity index (χ4n) is 1.45. The second-order valence-corrected chi connectivity index (χ2v) is 3.38. The van der Waals surface area contributed by atoms with Crippen LogP contribution in [0.2, 0.25) is 0 Å². The summed E-state index contributed by atoms with van der Waals surface area (Å²) in [5.41, 5.74) is 0. The summed E-state index contributed by atoms with van der Waals surface area (Å²) in [7, 11) is 0. The average molecular weight is 197 g/mol. The van der Waals surface area contributed by atoms with Gasteiger partial charge in [0.1, 0.15) is 6.61 Å². The fourth-order valence-corrected chi connectivity index (χ4v) is 1.45. The molecule has 0 spiro atoms. The minimum Gasteiger partial charge on any atom is -0.367 e. The molecular formula is C9H15N3O2. The number of nitrogens with zero attached hydrogens (tertiary/aromatic N) is 2. The molecule has 0 aliphatic carbocycles. The van der Waals surface area contributed by atoms with Crippen molar-refractivity contribution in [3.05, 3.63) is 11.7 Å². The van der Waals surface area contributed by atoms with Crippen molar-refractivity contribution in [2.24, 2.45) is 0 Å². The summed E-state index contributed by atoms with van der Waals surface area (Å²) in [6.45, 7) is 4.39. The maximum atomic E-state index is 5.59. The van der Waals surface area contributed by atoms with Gasteiger partial charge in [-0.05, 0) is 13.0 Å². The van der Waals surface area contributed by atoms with E-state index in [1.165, 1.54) is 0 Å². The maximum Gasteiger partial charge on any atom is 0.252 e. The first kappa shape index (κ1) is 9.61. The number of hydrogen-bond donors (Lipinski definition) is 1. The van der Waals surface area contributed by atoms with E-state index in [0.717, 1.165) is 31.8 Å². The second-order valence-electron chi connectivity index (χ2n) is 3.38. The van der Waals surface area contributed by atoms with Crippen molar-refractivity contribution in [2.75, 3.05) is 13.1 Å². The lowest BCUT2D eigenvalue weighted by atomic mass is 10.3. The molecule has 78 valence electrons. The molecule has 0 bridgehead atoms. The Labute approximate surface area is 82.8 Å². The molecule has 1 N–H and O–H groups in total. The van der Waals surface area contributed by atoms with Crippen LogP contribution in [0.3, 0.4) is 0 Å². The number of nitrogens with one attached hydrogen (secondary N) is 1. The lowest BCUT2D eigenvalue weighted by Crippen LogP contribution is -2.16. The number of hydrogen-bond acceptors (Lipinski definition) is 5. The molecule has 1 aromatic heterocycles. The standard InChI is InChI=1S/C9H15N3O2/c1-2-8-11-9(14-12-8)6-13-7-3-4-10-5-7/h7,10H,2-6H2,1H3. The van der Waals surface area contributed by atoms with Gasteiger partial charge in [0.25, 0.3) is 5.89 Å². The van der Waals surface area contributed by atoms with Crippen LogP contribution in [0.25, 0.3) is 0 Å². The normalized spacial score (nSPS) is 21.6. The highest BCUT2D eigenvalue weighted by molar-refractivity contribution is 4.84. The van der Waals surface area contributed by atoms with E-state index in [1.54, 1.807) is 0 Å². The zero-order valence-corrected chi connectivity index (χ0v) is 8.32. The molecule has 2 rings (SSSR count). The van der Waals surface area contributed by atoms with Crippen LogP contribution in [0.1, 0.15) is 25.1 Å². The van der Waals surface area contributed by atoms with Crippen LogP contribution in [0.4, 0.5) is 0 Å². The zero-order chi connectivity index (χ0) is 9.80. The number of aromatic nitrogens is 2. The van der Waals surface area contributed by atoms with Gasteiger partial charge in [0.2, 0.25) is 0 Å². The fraction of sp³-hybridized carbons (Fsp3) is 0.778. The minimum atomic E-state index is 0.298. The summed E-state index contributed by atoms with van der Waals surface area (Å²) in [5.74, 6) is 1.32. The van der Waals surface area contributed by atoms with Gasteiger partial charge >= 0.3 is 0 Å². The average Bonchev–Trinajstić information content (AvgIpc) is 2.86. The minimum absolute atomic E-state index is 0.298. The smallest absolute Gasteiger partial charge is 0.252 e. The van der Waals surface area contributed by atoms with Crippen molar-refractivity contribution in [1.82, 2.24) is 15.5 Å². The number of ether oxygens (including phenoxy) is 1. The third-order valence-electron chi connectivity index (χ3n) is 2.28. The van der Waals surface area contributed by atoms with Gasteiger partial charge in [0, 0.05) is 13.0 Å². The zero-order valence-electron chi connectivity index (χ0n) is 8.32. The quantitative estimate of drug-likeness (QED) is 0.762.